The highest BCUT2D eigenvalue weighted by Crippen LogP contribution is 2.34. The lowest BCUT2D eigenvalue weighted by Crippen LogP contribution is -2.13. The summed E-state index contributed by atoms with van der Waals surface area (Å²) in [6, 6.07) is 21.9. The number of hydrogen-bond donors (Lipinski definition) is 1. The molecule has 0 fully saturated rings. The number of rotatable bonds is 5. The number of halogens is 1. The fourth-order valence-electron chi connectivity index (χ4n) is 2.89. The van der Waals surface area contributed by atoms with Crippen molar-refractivity contribution in [2.24, 2.45) is 0 Å². The van der Waals surface area contributed by atoms with Crippen molar-refractivity contribution in [3.63, 3.8) is 0 Å². The smallest absolute Gasteiger partial charge is 0.224 e. The van der Waals surface area contributed by atoms with E-state index in [0.29, 0.717) is 12.8 Å². The van der Waals surface area contributed by atoms with Crippen LogP contribution in [0.25, 0.3) is 20.8 Å². The van der Waals surface area contributed by atoms with E-state index in [-0.39, 0.29) is 11.7 Å². The molecule has 0 aliphatic heterocycles. The molecule has 0 aliphatic rings. The van der Waals surface area contributed by atoms with Gasteiger partial charge in [0.2, 0.25) is 5.91 Å². The van der Waals surface area contributed by atoms with Crippen LogP contribution in [0, 0.1) is 5.82 Å². The lowest BCUT2D eigenvalue weighted by Gasteiger charge is -2.09. The van der Waals surface area contributed by atoms with Crippen molar-refractivity contribution in [2.45, 2.75) is 12.8 Å². The van der Waals surface area contributed by atoms with Gasteiger partial charge in [-0.1, -0.05) is 36.4 Å². The van der Waals surface area contributed by atoms with Crippen molar-refractivity contribution < 1.29 is 9.18 Å². The van der Waals surface area contributed by atoms with Gasteiger partial charge in [-0.15, -0.1) is 11.3 Å². The monoisotopic (exact) mass is 376 g/mol. The van der Waals surface area contributed by atoms with E-state index in [9.17, 15) is 9.18 Å². The number of hydrogen-bond acceptors (Lipinski definition) is 3. The highest BCUT2D eigenvalue weighted by Gasteiger charge is 2.12. The average molecular weight is 376 g/mol. The summed E-state index contributed by atoms with van der Waals surface area (Å²) >= 11 is 1.61. The van der Waals surface area contributed by atoms with Gasteiger partial charge in [0.1, 0.15) is 10.8 Å². The van der Waals surface area contributed by atoms with Crippen LogP contribution in [0.3, 0.4) is 0 Å². The second-order valence-corrected chi connectivity index (χ2v) is 7.24. The Morgan fingerprint density at radius 2 is 1.70 bits per heavy atom. The van der Waals surface area contributed by atoms with Crippen LogP contribution in [0.4, 0.5) is 10.1 Å². The number of para-hydroxylation sites is 2. The Morgan fingerprint density at radius 3 is 2.52 bits per heavy atom. The van der Waals surface area contributed by atoms with Crippen molar-refractivity contribution in [3.05, 3.63) is 84.2 Å². The van der Waals surface area contributed by atoms with Gasteiger partial charge in [-0.2, -0.15) is 0 Å². The Balaban J connectivity index is 1.50. The first-order chi connectivity index (χ1) is 13.2. The third-order valence-electron chi connectivity index (χ3n) is 4.28. The summed E-state index contributed by atoms with van der Waals surface area (Å²) in [6.45, 7) is 0. The molecule has 0 spiro atoms. The van der Waals surface area contributed by atoms with E-state index in [2.05, 4.69) is 10.3 Å². The number of amides is 1. The number of carbonyl (C=O) groups excluding carboxylic acids is 1. The normalized spacial score (nSPS) is 10.9. The lowest BCUT2D eigenvalue weighted by atomic mass is 10.1. The molecule has 0 unspecified atom stereocenters. The molecule has 0 saturated heterocycles. The van der Waals surface area contributed by atoms with E-state index in [0.717, 1.165) is 32.0 Å². The molecular formula is C22H17FN2OS. The van der Waals surface area contributed by atoms with Crippen molar-refractivity contribution in [1.29, 1.82) is 0 Å². The van der Waals surface area contributed by atoms with Gasteiger partial charge in [0, 0.05) is 12.0 Å². The SMILES string of the molecule is O=C(CCc1ccc(F)cc1)Nc1ccccc1-c1nc2ccccc2s1. The molecule has 5 heteroatoms. The maximum absolute atomic E-state index is 13.0. The van der Waals surface area contributed by atoms with Crippen LogP contribution in [0.5, 0.6) is 0 Å². The van der Waals surface area contributed by atoms with Gasteiger partial charge in [-0.25, -0.2) is 9.37 Å². The number of thiazole rings is 1. The van der Waals surface area contributed by atoms with Crippen molar-refractivity contribution in [2.75, 3.05) is 5.32 Å². The van der Waals surface area contributed by atoms with Gasteiger partial charge >= 0.3 is 0 Å². The first kappa shape index (κ1) is 17.4. The van der Waals surface area contributed by atoms with E-state index in [1.807, 2.05) is 48.5 Å². The van der Waals surface area contributed by atoms with Crippen LogP contribution in [0.1, 0.15) is 12.0 Å². The summed E-state index contributed by atoms with van der Waals surface area (Å²) in [5.74, 6) is -0.346. The molecule has 3 aromatic carbocycles. The number of nitrogens with one attached hydrogen (secondary N) is 1. The molecule has 4 rings (SSSR count). The average Bonchev–Trinajstić information content (AvgIpc) is 3.12. The highest BCUT2D eigenvalue weighted by molar-refractivity contribution is 7.21. The van der Waals surface area contributed by atoms with Gasteiger partial charge in [0.25, 0.3) is 0 Å². The molecule has 27 heavy (non-hydrogen) atoms. The quantitative estimate of drug-likeness (QED) is 0.487. The van der Waals surface area contributed by atoms with Gasteiger partial charge in [0.05, 0.1) is 15.9 Å². The molecule has 1 N–H and O–H groups in total. The highest BCUT2D eigenvalue weighted by atomic mass is 32.1. The van der Waals surface area contributed by atoms with Gasteiger partial charge < -0.3 is 5.32 Å². The third-order valence-corrected chi connectivity index (χ3v) is 5.35. The summed E-state index contributed by atoms with van der Waals surface area (Å²) < 4.78 is 14.1. The summed E-state index contributed by atoms with van der Waals surface area (Å²) in [7, 11) is 0. The third kappa shape index (κ3) is 4.04. The Bertz CT molecular complexity index is 1060. The van der Waals surface area contributed by atoms with E-state index in [1.54, 1.807) is 23.5 Å². The molecule has 4 aromatic rings. The summed E-state index contributed by atoms with van der Waals surface area (Å²) in [6.07, 6.45) is 0.898. The molecule has 0 radical (unpaired) electrons. The first-order valence-electron chi connectivity index (χ1n) is 8.68. The molecule has 1 amide bonds. The second-order valence-electron chi connectivity index (χ2n) is 6.21. The number of benzene rings is 3. The molecule has 3 nitrogen and oxygen atoms in total. The number of fused-ring (bicyclic) bond motifs is 1. The fraction of sp³-hybridized carbons (Fsp3) is 0.0909. The minimum Gasteiger partial charge on any atom is -0.325 e. The Labute approximate surface area is 160 Å². The van der Waals surface area contributed by atoms with Gasteiger partial charge in [0.15, 0.2) is 0 Å². The van der Waals surface area contributed by atoms with Crippen LogP contribution in [0.15, 0.2) is 72.8 Å². The number of nitrogens with zero attached hydrogens (tertiary/aromatic N) is 1. The van der Waals surface area contributed by atoms with E-state index >= 15 is 0 Å². The van der Waals surface area contributed by atoms with Crippen molar-refractivity contribution >= 4 is 33.1 Å². The van der Waals surface area contributed by atoms with Gasteiger partial charge in [-0.05, 0) is 48.4 Å². The fourth-order valence-corrected chi connectivity index (χ4v) is 3.89. The minimum atomic E-state index is -0.270. The van der Waals surface area contributed by atoms with Crippen LogP contribution >= 0.6 is 11.3 Å². The molecule has 1 heterocycles. The minimum absolute atomic E-state index is 0.0760. The predicted molar refractivity (Wildman–Crippen MR) is 108 cm³/mol. The number of aromatic nitrogens is 1. The zero-order chi connectivity index (χ0) is 18.6. The standard InChI is InChI=1S/C22H17FN2OS/c23-16-12-9-15(10-13-16)11-14-21(26)24-18-6-2-1-5-17(18)22-25-19-7-3-4-8-20(19)27-22/h1-10,12-13H,11,14H2,(H,24,26). The zero-order valence-electron chi connectivity index (χ0n) is 14.5. The summed E-state index contributed by atoms with van der Waals surface area (Å²) in [5, 5.41) is 3.87. The Hall–Kier alpha value is -3.05. The Kier molecular flexibility index (Phi) is 4.94. The molecule has 0 bridgehead atoms. The molecule has 0 atom stereocenters. The molecule has 0 saturated carbocycles. The van der Waals surface area contributed by atoms with E-state index in [4.69, 9.17) is 0 Å². The molecule has 0 aliphatic carbocycles. The zero-order valence-corrected chi connectivity index (χ0v) is 15.3. The Morgan fingerprint density at radius 1 is 0.963 bits per heavy atom. The largest absolute Gasteiger partial charge is 0.325 e. The van der Waals surface area contributed by atoms with Crippen LogP contribution < -0.4 is 5.32 Å². The van der Waals surface area contributed by atoms with Crippen molar-refractivity contribution in [1.82, 2.24) is 4.98 Å². The maximum atomic E-state index is 13.0. The number of carbonyl (C=O) groups is 1. The predicted octanol–water partition coefficient (Wildman–Crippen LogP) is 5.67. The molecule has 134 valence electrons. The molecule has 1 aromatic heterocycles. The van der Waals surface area contributed by atoms with Crippen LogP contribution in [-0.4, -0.2) is 10.9 Å². The maximum Gasteiger partial charge on any atom is 0.224 e. The van der Waals surface area contributed by atoms with Gasteiger partial charge in [-0.3, -0.25) is 4.79 Å². The second kappa shape index (κ2) is 7.68. The van der Waals surface area contributed by atoms with Crippen LogP contribution in [0.2, 0.25) is 0 Å². The number of anilines is 1. The van der Waals surface area contributed by atoms with E-state index < -0.39 is 0 Å². The topological polar surface area (TPSA) is 42.0 Å². The van der Waals surface area contributed by atoms with E-state index in [1.165, 1.54) is 12.1 Å². The lowest BCUT2D eigenvalue weighted by molar-refractivity contribution is -0.116. The van der Waals surface area contributed by atoms with Crippen molar-refractivity contribution in [3.8, 4) is 10.6 Å². The first-order valence-corrected chi connectivity index (χ1v) is 9.50. The summed E-state index contributed by atoms with van der Waals surface area (Å²) in [4.78, 5) is 17.1. The number of aryl methyl sites for hydroxylation is 1. The summed E-state index contributed by atoms with van der Waals surface area (Å²) in [5.41, 5.74) is 3.55. The van der Waals surface area contributed by atoms with Crippen LogP contribution in [-0.2, 0) is 11.2 Å². The molecular weight excluding hydrogens is 359 g/mol.